The van der Waals surface area contributed by atoms with Crippen LogP contribution in [0.2, 0.25) is 0 Å². The number of sulfonamides is 1. The van der Waals surface area contributed by atoms with Crippen molar-refractivity contribution in [1.82, 2.24) is 4.31 Å². The van der Waals surface area contributed by atoms with Crippen LogP contribution >= 0.6 is 31.9 Å². The van der Waals surface area contributed by atoms with Crippen molar-refractivity contribution >= 4 is 41.9 Å². The van der Waals surface area contributed by atoms with Gasteiger partial charge in [-0.1, -0.05) is 44.7 Å². The molecule has 1 aliphatic heterocycles. The number of halogens is 2. The van der Waals surface area contributed by atoms with Crippen molar-refractivity contribution in [2.45, 2.75) is 36.6 Å². The average Bonchev–Trinajstić information content (AvgIpc) is 2.64. The fraction of sp³-hybridized carbons (Fsp3) is 0.538. The monoisotopic (exact) mass is 409 g/mol. The lowest BCUT2D eigenvalue weighted by Gasteiger charge is -2.27. The maximum atomic E-state index is 12.7. The Kier molecular flexibility index (Phi) is 5.45. The first-order chi connectivity index (χ1) is 9.05. The zero-order chi connectivity index (χ0) is 13.9. The molecule has 0 aliphatic carbocycles. The van der Waals surface area contributed by atoms with E-state index >= 15 is 0 Å². The van der Waals surface area contributed by atoms with Gasteiger partial charge in [0.2, 0.25) is 10.0 Å². The summed E-state index contributed by atoms with van der Waals surface area (Å²) < 4.78 is 28.0. The Morgan fingerprint density at radius 2 is 1.84 bits per heavy atom. The minimum absolute atomic E-state index is 0.0659. The number of hydrogen-bond donors (Lipinski definition) is 0. The second-order valence-electron chi connectivity index (χ2n) is 4.73. The van der Waals surface area contributed by atoms with Crippen LogP contribution < -0.4 is 0 Å². The fourth-order valence-corrected chi connectivity index (χ4v) is 5.19. The molecule has 0 spiro atoms. The van der Waals surface area contributed by atoms with Gasteiger partial charge in [-0.05, 0) is 37.1 Å². The highest BCUT2D eigenvalue weighted by Gasteiger charge is 2.31. The van der Waals surface area contributed by atoms with E-state index in [0.717, 1.165) is 30.2 Å². The minimum Gasteiger partial charge on any atom is -0.207 e. The molecule has 6 heteroatoms. The van der Waals surface area contributed by atoms with Crippen molar-refractivity contribution in [3.05, 3.63) is 28.7 Å². The maximum absolute atomic E-state index is 12.7. The molecule has 0 saturated carbocycles. The van der Waals surface area contributed by atoms with Crippen LogP contribution in [0.5, 0.6) is 0 Å². The van der Waals surface area contributed by atoms with Crippen molar-refractivity contribution in [2.24, 2.45) is 0 Å². The molecule has 1 atom stereocenters. The summed E-state index contributed by atoms with van der Waals surface area (Å²) in [6.07, 6.45) is 4.08. The molecule has 0 amide bonds. The van der Waals surface area contributed by atoms with Gasteiger partial charge < -0.3 is 0 Å². The van der Waals surface area contributed by atoms with E-state index in [1.807, 2.05) is 0 Å². The number of benzene rings is 1. The smallest absolute Gasteiger partial charge is 0.207 e. The Morgan fingerprint density at radius 3 is 2.47 bits per heavy atom. The van der Waals surface area contributed by atoms with Crippen LogP contribution in [0.15, 0.2) is 33.6 Å². The Morgan fingerprint density at radius 1 is 1.16 bits per heavy atom. The van der Waals surface area contributed by atoms with Crippen LogP contribution in [-0.4, -0.2) is 30.6 Å². The van der Waals surface area contributed by atoms with E-state index in [1.54, 1.807) is 28.6 Å². The third kappa shape index (κ3) is 3.60. The largest absolute Gasteiger partial charge is 0.243 e. The summed E-state index contributed by atoms with van der Waals surface area (Å²) in [6.45, 7) is 0.620. The summed E-state index contributed by atoms with van der Waals surface area (Å²) in [5, 5.41) is 0.697. The van der Waals surface area contributed by atoms with Crippen LogP contribution in [0.1, 0.15) is 25.7 Å². The van der Waals surface area contributed by atoms with Gasteiger partial charge in [0.1, 0.15) is 0 Å². The highest BCUT2D eigenvalue weighted by atomic mass is 79.9. The van der Waals surface area contributed by atoms with Crippen LogP contribution in [0.3, 0.4) is 0 Å². The number of rotatable bonds is 3. The van der Waals surface area contributed by atoms with Gasteiger partial charge in [0.05, 0.1) is 4.90 Å². The third-order valence-electron chi connectivity index (χ3n) is 3.42. The van der Waals surface area contributed by atoms with Gasteiger partial charge >= 0.3 is 0 Å². The zero-order valence-electron chi connectivity index (χ0n) is 10.6. The quantitative estimate of drug-likeness (QED) is 0.711. The van der Waals surface area contributed by atoms with Gasteiger partial charge in [-0.2, -0.15) is 4.31 Å². The summed E-state index contributed by atoms with van der Waals surface area (Å²) >= 11 is 6.78. The van der Waals surface area contributed by atoms with Crippen molar-refractivity contribution < 1.29 is 8.42 Å². The number of nitrogens with zero attached hydrogens (tertiary/aromatic N) is 1. The molecule has 0 N–H and O–H groups in total. The van der Waals surface area contributed by atoms with E-state index in [1.165, 1.54) is 0 Å². The van der Waals surface area contributed by atoms with Gasteiger partial charge in [0.25, 0.3) is 0 Å². The molecule has 1 fully saturated rings. The Balaban J connectivity index is 2.33. The van der Waals surface area contributed by atoms with Gasteiger partial charge in [-0.3, -0.25) is 0 Å². The molecular weight excluding hydrogens is 394 g/mol. The minimum atomic E-state index is -3.38. The van der Waals surface area contributed by atoms with E-state index in [0.29, 0.717) is 16.8 Å². The SMILES string of the molecule is O=S(=O)(c1ccc(Br)cc1)N1CCCCCC1CBr. The van der Waals surface area contributed by atoms with Crippen LogP contribution in [0, 0.1) is 0 Å². The summed E-state index contributed by atoms with van der Waals surface area (Å²) in [4.78, 5) is 0.378. The molecule has 1 aromatic rings. The number of hydrogen-bond acceptors (Lipinski definition) is 2. The summed E-state index contributed by atoms with van der Waals surface area (Å²) in [5.41, 5.74) is 0. The van der Waals surface area contributed by atoms with Crippen molar-refractivity contribution in [1.29, 1.82) is 0 Å². The molecule has 0 radical (unpaired) electrons. The zero-order valence-corrected chi connectivity index (χ0v) is 14.5. The van der Waals surface area contributed by atoms with Gasteiger partial charge in [-0.15, -0.1) is 0 Å². The third-order valence-corrected chi connectivity index (χ3v) is 6.66. The maximum Gasteiger partial charge on any atom is 0.243 e. The second kappa shape index (κ2) is 6.70. The highest BCUT2D eigenvalue weighted by molar-refractivity contribution is 9.10. The molecule has 19 heavy (non-hydrogen) atoms. The first-order valence-electron chi connectivity index (χ1n) is 6.39. The van der Waals surface area contributed by atoms with E-state index in [4.69, 9.17) is 0 Å². The van der Waals surface area contributed by atoms with Gasteiger partial charge in [0.15, 0.2) is 0 Å². The summed E-state index contributed by atoms with van der Waals surface area (Å²) in [7, 11) is -3.38. The van der Waals surface area contributed by atoms with Crippen LogP contribution in [0.4, 0.5) is 0 Å². The Hall–Kier alpha value is 0.0900. The predicted molar refractivity (Wildman–Crippen MR) is 84.1 cm³/mol. The van der Waals surface area contributed by atoms with E-state index < -0.39 is 10.0 Å². The lowest BCUT2D eigenvalue weighted by atomic mass is 10.1. The lowest BCUT2D eigenvalue weighted by Crippen LogP contribution is -2.40. The summed E-state index contributed by atoms with van der Waals surface area (Å²) in [5.74, 6) is 0. The molecule has 3 nitrogen and oxygen atoms in total. The van der Waals surface area contributed by atoms with Gasteiger partial charge in [0, 0.05) is 22.4 Å². The Labute approximate surface area is 131 Å². The first kappa shape index (κ1) is 15.5. The van der Waals surface area contributed by atoms with E-state index in [-0.39, 0.29) is 6.04 Å². The van der Waals surface area contributed by atoms with Crippen LogP contribution in [-0.2, 0) is 10.0 Å². The summed E-state index contributed by atoms with van der Waals surface area (Å²) in [6, 6.07) is 6.93. The van der Waals surface area contributed by atoms with E-state index in [2.05, 4.69) is 31.9 Å². The molecule has 0 bridgehead atoms. The van der Waals surface area contributed by atoms with Crippen molar-refractivity contribution in [3.8, 4) is 0 Å². The predicted octanol–water partition coefficient (Wildman–Crippen LogP) is 3.78. The molecule has 1 unspecified atom stereocenters. The highest BCUT2D eigenvalue weighted by Crippen LogP contribution is 2.26. The van der Waals surface area contributed by atoms with Crippen molar-refractivity contribution in [3.63, 3.8) is 0 Å². The molecular formula is C13H17Br2NO2S. The molecule has 1 aliphatic rings. The van der Waals surface area contributed by atoms with Crippen LogP contribution in [0.25, 0.3) is 0 Å². The van der Waals surface area contributed by atoms with E-state index in [9.17, 15) is 8.42 Å². The standard InChI is InChI=1S/C13H17Br2NO2S/c14-10-12-4-2-1-3-9-16(12)19(17,18)13-7-5-11(15)6-8-13/h5-8,12H,1-4,9-10H2. The van der Waals surface area contributed by atoms with Crippen molar-refractivity contribution in [2.75, 3.05) is 11.9 Å². The lowest BCUT2D eigenvalue weighted by molar-refractivity contribution is 0.347. The number of alkyl halides is 1. The Bertz CT molecular complexity index is 516. The first-order valence-corrected chi connectivity index (χ1v) is 9.74. The topological polar surface area (TPSA) is 37.4 Å². The fourth-order valence-electron chi connectivity index (χ4n) is 2.36. The molecule has 1 heterocycles. The molecule has 106 valence electrons. The normalized spacial score (nSPS) is 22.1. The molecule has 2 rings (SSSR count). The second-order valence-corrected chi connectivity index (χ2v) is 8.18. The molecule has 1 saturated heterocycles. The average molecular weight is 411 g/mol. The molecule has 1 aromatic carbocycles. The molecule has 0 aromatic heterocycles. The van der Waals surface area contributed by atoms with Gasteiger partial charge in [-0.25, -0.2) is 8.42 Å².